The number of amides is 2. The molecular weight excluding hydrogens is 472 g/mol. The minimum absolute atomic E-state index is 0.00821. The van der Waals surface area contributed by atoms with Gasteiger partial charge in [-0.1, -0.05) is 25.1 Å². The van der Waals surface area contributed by atoms with Crippen molar-refractivity contribution in [2.24, 2.45) is 0 Å². The zero-order chi connectivity index (χ0) is 25.9. The third-order valence-electron chi connectivity index (χ3n) is 7.84. The number of rotatable bonds is 5. The first-order valence-corrected chi connectivity index (χ1v) is 13.0. The lowest BCUT2D eigenvalue weighted by Crippen LogP contribution is -2.53. The van der Waals surface area contributed by atoms with Crippen molar-refractivity contribution in [2.75, 3.05) is 24.6 Å². The Morgan fingerprint density at radius 2 is 1.97 bits per heavy atom. The lowest BCUT2D eigenvalue weighted by molar-refractivity contribution is -0.145. The van der Waals surface area contributed by atoms with Crippen molar-refractivity contribution in [3.8, 4) is 5.75 Å². The molecule has 3 atom stereocenters. The molecule has 2 saturated heterocycles. The molecule has 2 aromatic rings. The fourth-order valence-corrected chi connectivity index (χ4v) is 6.27. The zero-order valence-electron chi connectivity index (χ0n) is 21.0. The molecule has 0 aliphatic carbocycles. The Kier molecular flexibility index (Phi) is 5.60. The Balaban J connectivity index is 1.59. The molecule has 2 amide bonds. The van der Waals surface area contributed by atoms with Gasteiger partial charge in [0.25, 0.3) is 17.6 Å². The molecule has 0 aromatic heterocycles. The number of Topliss-reactive ketones (excluding diaryl/α,β-unsaturated/α-hetero) is 1. The van der Waals surface area contributed by atoms with Gasteiger partial charge in [0, 0.05) is 37.2 Å². The van der Waals surface area contributed by atoms with Crippen LogP contribution < -0.4 is 9.64 Å². The number of benzene rings is 2. The second-order valence-electron chi connectivity index (χ2n) is 10.2. The smallest absolute Gasteiger partial charge is 0.296 e. The van der Waals surface area contributed by atoms with E-state index in [9.17, 15) is 19.5 Å². The molecule has 192 valence electrons. The summed E-state index contributed by atoms with van der Waals surface area (Å²) in [5, 5.41) is 11.7. The van der Waals surface area contributed by atoms with Gasteiger partial charge < -0.3 is 24.4 Å². The predicted octanol–water partition coefficient (Wildman–Crippen LogP) is 3.52. The molecule has 8 heteroatoms. The highest BCUT2D eigenvalue weighted by Gasteiger charge is 2.67. The van der Waals surface area contributed by atoms with Crippen molar-refractivity contribution in [3.05, 3.63) is 64.7 Å². The maximum atomic E-state index is 14.4. The number of para-hydroxylation sites is 1. The van der Waals surface area contributed by atoms with E-state index in [1.165, 1.54) is 4.90 Å². The summed E-state index contributed by atoms with van der Waals surface area (Å²) in [4.78, 5) is 44.8. The molecule has 4 aliphatic heterocycles. The average Bonchev–Trinajstić information content (AvgIpc) is 3.64. The summed E-state index contributed by atoms with van der Waals surface area (Å²) in [6.07, 6.45) is 2.67. The van der Waals surface area contributed by atoms with Gasteiger partial charge in [0.1, 0.15) is 17.6 Å². The van der Waals surface area contributed by atoms with Crippen LogP contribution in [-0.4, -0.2) is 59.5 Å². The maximum Gasteiger partial charge on any atom is 0.296 e. The maximum absolute atomic E-state index is 14.4. The van der Waals surface area contributed by atoms with Crippen LogP contribution in [0, 0.1) is 0 Å². The Hall–Kier alpha value is -3.65. The quantitative estimate of drug-likeness (QED) is 0.382. The van der Waals surface area contributed by atoms with E-state index < -0.39 is 23.1 Å². The fraction of sp³-hybridized carbons (Fsp3) is 0.414. The molecule has 6 rings (SSSR count). The molecule has 1 N–H and O–H groups in total. The van der Waals surface area contributed by atoms with Crippen molar-refractivity contribution in [3.63, 3.8) is 0 Å². The first-order chi connectivity index (χ1) is 17.9. The van der Waals surface area contributed by atoms with Crippen LogP contribution in [0.2, 0.25) is 0 Å². The van der Waals surface area contributed by atoms with Gasteiger partial charge in [-0.05, 0) is 56.0 Å². The van der Waals surface area contributed by atoms with Gasteiger partial charge in [0.2, 0.25) is 0 Å². The number of ether oxygens (including phenoxy) is 2. The number of aliphatic hydroxyl groups is 1. The summed E-state index contributed by atoms with van der Waals surface area (Å²) in [7, 11) is 0. The van der Waals surface area contributed by atoms with Crippen molar-refractivity contribution in [2.45, 2.75) is 57.3 Å². The number of ketones is 1. The number of carbonyl (C=O) groups is 3. The van der Waals surface area contributed by atoms with Crippen LogP contribution in [-0.2, 0) is 31.1 Å². The molecule has 0 radical (unpaired) electrons. The van der Waals surface area contributed by atoms with Crippen molar-refractivity contribution >= 4 is 29.0 Å². The van der Waals surface area contributed by atoms with E-state index in [4.69, 9.17) is 9.47 Å². The number of nitrogens with zero attached hydrogens (tertiary/aromatic N) is 2. The average molecular weight is 503 g/mol. The molecule has 0 bridgehead atoms. The number of hydrogen-bond donors (Lipinski definition) is 1. The molecular formula is C29H30N2O6. The van der Waals surface area contributed by atoms with Crippen LogP contribution in [0.1, 0.15) is 49.8 Å². The predicted molar refractivity (Wildman–Crippen MR) is 136 cm³/mol. The molecule has 4 heterocycles. The highest BCUT2D eigenvalue weighted by molar-refractivity contribution is 6.50. The van der Waals surface area contributed by atoms with Crippen LogP contribution in [0.25, 0.3) is 5.76 Å². The summed E-state index contributed by atoms with van der Waals surface area (Å²) < 4.78 is 11.6. The summed E-state index contributed by atoms with van der Waals surface area (Å²) in [5.41, 5.74) is 0.535. The molecule has 37 heavy (non-hydrogen) atoms. The van der Waals surface area contributed by atoms with E-state index in [1.54, 1.807) is 35.2 Å². The molecule has 0 unspecified atom stereocenters. The van der Waals surface area contributed by atoms with Crippen LogP contribution in [0.4, 0.5) is 5.69 Å². The minimum Gasteiger partial charge on any atom is -0.507 e. The van der Waals surface area contributed by atoms with Gasteiger partial charge in [-0.15, -0.1) is 0 Å². The van der Waals surface area contributed by atoms with Gasteiger partial charge >= 0.3 is 0 Å². The largest absolute Gasteiger partial charge is 0.507 e. The van der Waals surface area contributed by atoms with Crippen LogP contribution in [0.15, 0.2) is 48.0 Å². The van der Waals surface area contributed by atoms with E-state index in [1.807, 2.05) is 26.0 Å². The van der Waals surface area contributed by atoms with Gasteiger partial charge in [0.05, 0.1) is 17.4 Å². The van der Waals surface area contributed by atoms with Crippen molar-refractivity contribution in [1.29, 1.82) is 0 Å². The number of likely N-dealkylation sites (tertiary alicyclic amines) is 1. The molecule has 0 saturated carbocycles. The second-order valence-corrected chi connectivity index (χ2v) is 10.2. The van der Waals surface area contributed by atoms with Crippen molar-refractivity contribution in [1.82, 2.24) is 4.90 Å². The summed E-state index contributed by atoms with van der Waals surface area (Å²) in [6.45, 7) is 5.03. The summed E-state index contributed by atoms with van der Waals surface area (Å²) >= 11 is 0. The number of fused-ring (bicyclic) bond motifs is 3. The van der Waals surface area contributed by atoms with Gasteiger partial charge in [-0.2, -0.15) is 0 Å². The van der Waals surface area contributed by atoms with Crippen LogP contribution in [0.3, 0.4) is 0 Å². The highest BCUT2D eigenvalue weighted by atomic mass is 16.5. The van der Waals surface area contributed by atoms with E-state index in [2.05, 4.69) is 0 Å². The fourth-order valence-electron chi connectivity index (χ4n) is 6.27. The third kappa shape index (κ3) is 3.35. The summed E-state index contributed by atoms with van der Waals surface area (Å²) in [6, 6.07) is 12.5. The van der Waals surface area contributed by atoms with Gasteiger partial charge in [-0.3, -0.25) is 14.4 Å². The Morgan fingerprint density at radius 3 is 2.73 bits per heavy atom. The topological polar surface area (TPSA) is 96.4 Å². The first kappa shape index (κ1) is 23.7. The first-order valence-electron chi connectivity index (χ1n) is 13.0. The standard InChI is InChI=1S/C29H30N2O6/c1-3-12-30-22-9-5-4-8-21(22)29(28(30)35)24(26(33)27(34)31(29)16-20-7-6-13-36-20)25(32)18-10-11-23-19(15-18)14-17(2)37-23/h4-5,8-11,15,17,20,32H,3,6-7,12-14,16H2,1-2H3/t17-,20+,29+/m0/s1. The molecule has 8 nitrogen and oxygen atoms in total. The second kappa shape index (κ2) is 8.73. The molecule has 2 fully saturated rings. The van der Waals surface area contributed by atoms with Gasteiger partial charge in [0.15, 0.2) is 5.54 Å². The molecule has 2 aromatic carbocycles. The van der Waals surface area contributed by atoms with E-state index in [0.717, 1.165) is 24.2 Å². The third-order valence-corrected chi connectivity index (χ3v) is 7.84. The number of carbonyl (C=O) groups excluding carboxylic acids is 3. The Bertz CT molecular complexity index is 1340. The molecule has 1 spiro atoms. The SMILES string of the molecule is CCCN1C(=O)[C@]2(C(=C(O)c3ccc4c(c3)C[C@H](C)O4)C(=O)C(=O)N2C[C@H]2CCCO2)c2ccccc21. The zero-order valence-corrected chi connectivity index (χ0v) is 21.0. The number of hydrogen-bond acceptors (Lipinski definition) is 6. The summed E-state index contributed by atoms with van der Waals surface area (Å²) in [5.74, 6) is -1.67. The normalized spacial score (nSPS) is 27.8. The van der Waals surface area contributed by atoms with E-state index in [0.29, 0.717) is 42.8 Å². The van der Waals surface area contributed by atoms with Crippen molar-refractivity contribution < 1.29 is 29.0 Å². The lowest BCUT2D eigenvalue weighted by atomic mass is 9.81. The Morgan fingerprint density at radius 1 is 1.16 bits per heavy atom. The van der Waals surface area contributed by atoms with Crippen LogP contribution >= 0.6 is 0 Å². The monoisotopic (exact) mass is 502 g/mol. The Labute approximate surface area is 215 Å². The van der Waals surface area contributed by atoms with Crippen LogP contribution in [0.5, 0.6) is 5.75 Å². The lowest BCUT2D eigenvalue weighted by Gasteiger charge is -2.35. The van der Waals surface area contributed by atoms with Gasteiger partial charge in [-0.25, -0.2) is 0 Å². The number of aliphatic hydroxyl groups excluding tert-OH is 1. The van der Waals surface area contributed by atoms with E-state index >= 15 is 0 Å². The van der Waals surface area contributed by atoms with E-state index in [-0.39, 0.29) is 30.1 Å². The minimum atomic E-state index is -1.75. The number of anilines is 1. The highest BCUT2D eigenvalue weighted by Crippen LogP contribution is 2.54. The molecule has 4 aliphatic rings.